The first-order chi connectivity index (χ1) is 24.8. The van der Waals surface area contributed by atoms with Crippen molar-refractivity contribution >= 4 is 23.8 Å². The molecule has 1 heterocycles. The Labute approximate surface area is 309 Å². The minimum atomic E-state index is -2.03. The summed E-state index contributed by atoms with van der Waals surface area (Å²) in [5, 5.41) is 39.6. The van der Waals surface area contributed by atoms with Crippen LogP contribution in [0, 0.1) is 22.7 Å². The van der Waals surface area contributed by atoms with E-state index in [9.17, 15) is 34.5 Å². The summed E-state index contributed by atoms with van der Waals surface area (Å²) in [4.78, 5) is 55.3. The molecule has 1 saturated heterocycles. The summed E-state index contributed by atoms with van der Waals surface area (Å²) >= 11 is 0. The molecule has 53 heavy (non-hydrogen) atoms. The van der Waals surface area contributed by atoms with E-state index < -0.39 is 94.2 Å². The first kappa shape index (κ1) is 38.6. The summed E-state index contributed by atoms with van der Waals surface area (Å²) in [5.41, 5.74) is -4.53. The Morgan fingerprint density at radius 1 is 0.981 bits per heavy atom. The number of benzene rings is 2. The second-order valence-electron chi connectivity index (χ2n) is 16.7. The second kappa shape index (κ2) is 14.0. The molecule has 2 aromatic carbocycles. The van der Waals surface area contributed by atoms with Crippen molar-refractivity contribution in [2.45, 2.75) is 115 Å². The van der Waals surface area contributed by atoms with Crippen LogP contribution in [-0.4, -0.2) is 87.5 Å². The smallest absolute Gasteiger partial charge is 0.408 e. The van der Waals surface area contributed by atoms with Gasteiger partial charge in [0.25, 0.3) is 0 Å². The molecule has 6 rings (SSSR count). The van der Waals surface area contributed by atoms with E-state index in [-0.39, 0.29) is 37.0 Å². The van der Waals surface area contributed by atoms with Crippen molar-refractivity contribution in [3.8, 4) is 0 Å². The third-order valence-electron chi connectivity index (χ3n) is 12.1. The van der Waals surface area contributed by atoms with E-state index in [1.807, 2.05) is 0 Å². The van der Waals surface area contributed by atoms with E-state index in [1.54, 1.807) is 109 Å². The number of aliphatic hydroxyl groups is 3. The van der Waals surface area contributed by atoms with Gasteiger partial charge in [-0.05, 0) is 63.5 Å². The monoisotopic (exact) mass is 733 g/mol. The first-order valence-corrected chi connectivity index (χ1v) is 18.2. The van der Waals surface area contributed by atoms with Crippen molar-refractivity contribution in [3.63, 3.8) is 0 Å². The maximum atomic E-state index is 14.6. The van der Waals surface area contributed by atoms with Crippen LogP contribution in [0.1, 0.15) is 89.7 Å². The van der Waals surface area contributed by atoms with Gasteiger partial charge in [-0.2, -0.15) is 0 Å². The number of aliphatic hydroxyl groups excluding tert-OH is 2. The molecule has 1 amide bonds. The van der Waals surface area contributed by atoms with Crippen molar-refractivity contribution in [3.05, 3.63) is 82.9 Å². The first-order valence-electron chi connectivity index (χ1n) is 18.2. The molecule has 2 unspecified atom stereocenters. The summed E-state index contributed by atoms with van der Waals surface area (Å²) in [6, 6.07) is 16.3. The number of Topliss-reactive ketones (excluding diaryl/α,β-unsaturated/α-hetero) is 1. The summed E-state index contributed by atoms with van der Waals surface area (Å²) in [6.07, 6.45) is -7.26. The van der Waals surface area contributed by atoms with E-state index in [1.165, 1.54) is 0 Å². The number of rotatable bonds is 7. The van der Waals surface area contributed by atoms with Crippen LogP contribution in [0.3, 0.4) is 0 Å². The zero-order valence-electron chi connectivity index (χ0n) is 31.3. The molecule has 3 fully saturated rings. The number of fused-ring (bicyclic) bond motifs is 5. The maximum Gasteiger partial charge on any atom is 0.408 e. The van der Waals surface area contributed by atoms with E-state index in [2.05, 4.69) is 5.32 Å². The zero-order valence-corrected chi connectivity index (χ0v) is 31.3. The lowest BCUT2D eigenvalue weighted by Gasteiger charge is -2.64. The summed E-state index contributed by atoms with van der Waals surface area (Å²) in [6.45, 7) is 11.9. The van der Waals surface area contributed by atoms with Gasteiger partial charge in [0, 0.05) is 30.1 Å². The van der Waals surface area contributed by atoms with Crippen molar-refractivity contribution in [1.29, 1.82) is 0 Å². The van der Waals surface area contributed by atoms with Gasteiger partial charge < -0.3 is 39.6 Å². The number of carbonyl (C=O) groups is 4. The van der Waals surface area contributed by atoms with Crippen LogP contribution in [0.2, 0.25) is 0 Å². The fraction of sp³-hybridized carbons (Fsp3) is 0.561. The van der Waals surface area contributed by atoms with Gasteiger partial charge in [0.2, 0.25) is 0 Å². The van der Waals surface area contributed by atoms with E-state index >= 15 is 0 Å². The van der Waals surface area contributed by atoms with Crippen molar-refractivity contribution < 1.29 is 53.4 Å². The topological polar surface area (TPSA) is 178 Å². The van der Waals surface area contributed by atoms with Crippen LogP contribution in [0.25, 0.3) is 0 Å². The van der Waals surface area contributed by atoms with E-state index in [0.29, 0.717) is 11.1 Å². The predicted molar refractivity (Wildman–Crippen MR) is 191 cm³/mol. The van der Waals surface area contributed by atoms with Gasteiger partial charge in [-0.1, -0.05) is 62.4 Å². The Bertz CT molecular complexity index is 1770. The Hall–Kier alpha value is -4.10. The van der Waals surface area contributed by atoms with Crippen molar-refractivity contribution in [2.75, 3.05) is 6.61 Å². The maximum absolute atomic E-state index is 14.6. The highest BCUT2D eigenvalue weighted by atomic mass is 16.6. The standard InChI is InChI=1S/C41H51NO11/c1-22-28(51-30(44)18-26(23-14-10-8-11-15-23)42-37(48)53-38(2,3)4)20-41(49)35(52-36(47)24-16-12-9-13-17-24)32-25-21-50-27(25)19-29(43)40(32,7)34(46)33(45)31(22)39(41,5)6/h8-17,25-29,32-33,35,43,45,49H,18-21H2,1-7H3,(H,42,48)/t25-,26-,27-,28+,29+,32?,33-,35?,40-,41-/m1/s1. The molecular weight excluding hydrogens is 682 g/mol. The van der Waals surface area contributed by atoms with Crippen LogP contribution in [0.5, 0.6) is 0 Å². The number of esters is 2. The summed E-state index contributed by atoms with van der Waals surface area (Å²) < 4.78 is 23.7. The number of ketones is 1. The van der Waals surface area contributed by atoms with Crippen LogP contribution >= 0.6 is 0 Å². The SMILES string of the molecule is CC1=C2[C@@H](O)C(=O)[C@@]3(C)C(C(OC(=O)c4ccccc4)[C@](O)(C[C@@H]1OC(=O)C[C@@H](NC(=O)OC(C)(C)C)c1ccccc1)C2(C)C)[C@@H]1CO[C@@H]1C[C@@H]3O. The number of ether oxygens (including phenoxy) is 4. The fourth-order valence-electron chi connectivity index (χ4n) is 9.08. The van der Waals surface area contributed by atoms with E-state index in [0.717, 1.165) is 0 Å². The molecule has 2 aromatic rings. The molecule has 1 aliphatic heterocycles. The number of hydrogen-bond acceptors (Lipinski definition) is 11. The number of carbonyl (C=O) groups excluding carboxylic acids is 4. The van der Waals surface area contributed by atoms with E-state index in [4.69, 9.17) is 18.9 Å². The predicted octanol–water partition coefficient (Wildman–Crippen LogP) is 4.60. The molecule has 12 heteroatoms. The van der Waals surface area contributed by atoms with Crippen molar-refractivity contribution in [1.82, 2.24) is 5.32 Å². The van der Waals surface area contributed by atoms with Crippen LogP contribution in [0.4, 0.5) is 4.79 Å². The molecule has 12 nitrogen and oxygen atoms in total. The average Bonchev–Trinajstić information content (AvgIpc) is 3.08. The molecular formula is C41H51NO11. The second-order valence-corrected chi connectivity index (χ2v) is 16.7. The molecule has 3 aliphatic carbocycles. The van der Waals surface area contributed by atoms with Gasteiger partial charge in [0.1, 0.15) is 29.5 Å². The number of hydrogen-bond donors (Lipinski definition) is 4. The zero-order chi connectivity index (χ0) is 38.7. The highest BCUT2D eigenvalue weighted by Crippen LogP contribution is 2.62. The van der Waals surface area contributed by atoms with Gasteiger partial charge in [0.05, 0.1) is 42.3 Å². The minimum absolute atomic E-state index is 0.125. The number of amides is 1. The van der Waals surface area contributed by atoms with Crippen molar-refractivity contribution in [2.24, 2.45) is 22.7 Å². The van der Waals surface area contributed by atoms with Gasteiger partial charge in [-0.25, -0.2) is 9.59 Å². The fourth-order valence-corrected chi connectivity index (χ4v) is 9.08. The Kier molecular flexibility index (Phi) is 10.2. The molecule has 2 bridgehead atoms. The molecule has 4 aliphatic rings. The molecule has 0 aromatic heterocycles. The van der Waals surface area contributed by atoms with Gasteiger partial charge in [-0.15, -0.1) is 0 Å². The third-order valence-corrected chi connectivity index (χ3v) is 12.1. The average molecular weight is 734 g/mol. The number of nitrogens with one attached hydrogen (secondary N) is 1. The lowest BCUT2D eigenvalue weighted by Crippen LogP contribution is -2.75. The summed E-state index contributed by atoms with van der Waals surface area (Å²) in [7, 11) is 0. The molecule has 4 N–H and O–H groups in total. The normalized spacial score (nSPS) is 33.8. The van der Waals surface area contributed by atoms with Crippen LogP contribution in [-0.2, 0) is 28.5 Å². The van der Waals surface area contributed by atoms with Gasteiger partial charge >= 0.3 is 18.0 Å². The third kappa shape index (κ3) is 6.79. The molecule has 10 atom stereocenters. The molecule has 0 radical (unpaired) electrons. The lowest BCUT2D eigenvalue weighted by molar-refractivity contribution is -0.277. The van der Waals surface area contributed by atoms with Gasteiger partial charge in [-0.3, -0.25) is 9.59 Å². The quantitative estimate of drug-likeness (QED) is 0.178. The largest absolute Gasteiger partial charge is 0.458 e. The number of alkyl carbamates (subject to hydrolysis) is 1. The highest BCUT2D eigenvalue weighted by molar-refractivity contribution is 5.94. The molecule has 0 spiro atoms. The Morgan fingerprint density at radius 2 is 1.60 bits per heavy atom. The van der Waals surface area contributed by atoms with Gasteiger partial charge in [0.15, 0.2) is 5.78 Å². The highest BCUT2D eigenvalue weighted by Gasteiger charge is 2.72. The molecule has 2 saturated carbocycles. The summed E-state index contributed by atoms with van der Waals surface area (Å²) in [5.74, 6) is -3.52. The Balaban J connectivity index is 1.41. The molecule has 286 valence electrons. The Morgan fingerprint density at radius 3 is 2.19 bits per heavy atom. The lowest BCUT2D eigenvalue weighted by atomic mass is 9.46. The minimum Gasteiger partial charge on any atom is -0.458 e. The van der Waals surface area contributed by atoms with Crippen LogP contribution < -0.4 is 5.32 Å². The van der Waals surface area contributed by atoms with Crippen LogP contribution in [0.15, 0.2) is 71.8 Å².